The van der Waals surface area contributed by atoms with Crippen molar-refractivity contribution in [1.29, 1.82) is 0 Å². The maximum Gasteiger partial charge on any atom is 0.241 e. The van der Waals surface area contributed by atoms with Crippen molar-refractivity contribution < 1.29 is 8.42 Å². The molecule has 0 amide bonds. The summed E-state index contributed by atoms with van der Waals surface area (Å²) in [5.41, 5.74) is 3.57. The van der Waals surface area contributed by atoms with Gasteiger partial charge >= 0.3 is 0 Å². The third-order valence-corrected chi connectivity index (χ3v) is 6.01. The van der Waals surface area contributed by atoms with Crippen LogP contribution in [0, 0.1) is 33.1 Å². The molecule has 1 unspecified atom stereocenters. The number of hydrogen-bond donors (Lipinski definition) is 1. The van der Waals surface area contributed by atoms with Gasteiger partial charge in [-0.05, 0) is 62.3 Å². The third kappa shape index (κ3) is 3.41. The lowest BCUT2D eigenvalue weighted by molar-refractivity contribution is 0.317. The largest absolute Gasteiger partial charge is 0.241 e. The highest BCUT2D eigenvalue weighted by atomic mass is 32.2. The summed E-state index contributed by atoms with van der Waals surface area (Å²) in [5, 5.41) is 0. The lowest BCUT2D eigenvalue weighted by Crippen LogP contribution is -2.41. The SMILES string of the molecule is Cc1cc(C)c(C)c(S(=O)(=O)NC(C)C(C)(C)C)c1C. The molecule has 0 spiro atoms. The predicted octanol–water partition coefficient (Wildman–Crippen LogP) is 3.63. The average molecular weight is 297 g/mol. The molecule has 1 rings (SSSR count). The number of hydrogen-bond acceptors (Lipinski definition) is 2. The van der Waals surface area contributed by atoms with Crippen LogP contribution in [0.15, 0.2) is 11.0 Å². The Kier molecular flexibility index (Phi) is 4.72. The van der Waals surface area contributed by atoms with Gasteiger partial charge in [-0.25, -0.2) is 13.1 Å². The van der Waals surface area contributed by atoms with Crippen molar-refractivity contribution in [2.24, 2.45) is 5.41 Å². The van der Waals surface area contributed by atoms with Crippen LogP contribution >= 0.6 is 0 Å². The zero-order valence-corrected chi connectivity index (χ0v) is 14.7. The molecular weight excluding hydrogens is 270 g/mol. The monoisotopic (exact) mass is 297 g/mol. The highest BCUT2D eigenvalue weighted by Crippen LogP contribution is 2.27. The van der Waals surface area contributed by atoms with Crippen molar-refractivity contribution in [3.05, 3.63) is 28.3 Å². The summed E-state index contributed by atoms with van der Waals surface area (Å²) in [7, 11) is -3.50. The first kappa shape index (κ1) is 17.2. The molecule has 0 aliphatic carbocycles. The summed E-state index contributed by atoms with van der Waals surface area (Å²) in [6.07, 6.45) is 0. The Balaban J connectivity index is 3.38. The molecule has 1 N–H and O–H groups in total. The molecule has 3 nitrogen and oxygen atoms in total. The zero-order valence-electron chi connectivity index (χ0n) is 13.9. The Morgan fingerprint density at radius 1 is 1.00 bits per heavy atom. The number of aryl methyl sites for hydroxylation is 2. The van der Waals surface area contributed by atoms with Gasteiger partial charge in [-0.3, -0.25) is 0 Å². The minimum Gasteiger partial charge on any atom is -0.208 e. The minimum absolute atomic E-state index is 0.117. The van der Waals surface area contributed by atoms with Crippen LogP contribution in [0.1, 0.15) is 49.9 Å². The second-order valence-corrected chi connectivity index (χ2v) is 8.45. The van der Waals surface area contributed by atoms with Gasteiger partial charge in [0.2, 0.25) is 10.0 Å². The molecule has 0 aliphatic rings. The van der Waals surface area contributed by atoms with E-state index in [9.17, 15) is 8.42 Å². The normalized spacial score (nSPS) is 14.4. The van der Waals surface area contributed by atoms with Gasteiger partial charge < -0.3 is 0 Å². The van der Waals surface area contributed by atoms with E-state index < -0.39 is 10.0 Å². The van der Waals surface area contributed by atoms with Gasteiger partial charge in [-0.1, -0.05) is 26.8 Å². The van der Waals surface area contributed by atoms with E-state index in [2.05, 4.69) is 4.72 Å². The van der Waals surface area contributed by atoms with E-state index in [0.717, 1.165) is 22.3 Å². The van der Waals surface area contributed by atoms with Crippen LogP contribution in [-0.4, -0.2) is 14.5 Å². The fourth-order valence-electron chi connectivity index (χ4n) is 2.05. The summed E-state index contributed by atoms with van der Waals surface area (Å²) in [5.74, 6) is 0. The topological polar surface area (TPSA) is 46.2 Å². The third-order valence-electron chi connectivity index (χ3n) is 4.20. The van der Waals surface area contributed by atoms with E-state index in [1.54, 1.807) is 0 Å². The Bertz CT molecular complexity index is 584. The average Bonchev–Trinajstić information content (AvgIpc) is 2.24. The van der Waals surface area contributed by atoms with E-state index in [-0.39, 0.29) is 11.5 Å². The quantitative estimate of drug-likeness (QED) is 0.926. The Morgan fingerprint density at radius 2 is 1.40 bits per heavy atom. The second kappa shape index (κ2) is 5.49. The van der Waals surface area contributed by atoms with E-state index in [4.69, 9.17) is 0 Å². The molecule has 0 aliphatic heterocycles. The Hall–Kier alpha value is -0.870. The second-order valence-electron chi connectivity index (χ2n) is 6.80. The first-order valence-electron chi connectivity index (χ1n) is 6.97. The molecule has 0 saturated carbocycles. The Labute approximate surface area is 123 Å². The van der Waals surface area contributed by atoms with Crippen LogP contribution < -0.4 is 4.72 Å². The summed E-state index contributed by atoms with van der Waals surface area (Å²) >= 11 is 0. The first-order chi connectivity index (χ1) is 8.88. The van der Waals surface area contributed by atoms with Crippen molar-refractivity contribution in [3.8, 4) is 0 Å². The van der Waals surface area contributed by atoms with Gasteiger partial charge in [-0.2, -0.15) is 0 Å². The van der Waals surface area contributed by atoms with Crippen molar-refractivity contribution in [2.75, 3.05) is 0 Å². The van der Waals surface area contributed by atoms with Crippen molar-refractivity contribution >= 4 is 10.0 Å². The molecule has 0 radical (unpaired) electrons. The molecule has 0 fully saturated rings. The first-order valence-corrected chi connectivity index (χ1v) is 8.46. The standard InChI is InChI=1S/C16H27NO2S/c1-10-9-11(2)13(4)15(12(10)3)20(18,19)17-14(5)16(6,7)8/h9,14,17H,1-8H3. The van der Waals surface area contributed by atoms with Gasteiger partial charge in [0.25, 0.3) is 0 Å². The van der Waals surface area contributed by atoms with Crippen molar-refractivity contribution in [2.45, 2.75) is 66.3 Å². The number of rotatable bonds is 3. The van der Waals surface area contributed by atoms with Crippen LogP contribution in [0.5, 0.6) is 0 Å². The van der Waals surface area contributed by atoms with Crippen LogP contribution in [-0.2, 0) is 10.0 Å². The van der Waals surface area contributed by atoms with Gasteiger partial charge in [-0.15, -0.1) is 0 Å². The minimum atomic E-state index is -3.50. The molecule has 0 heterocycles. The van der Waals surface area contributed by atoms with E-state index in [0.29, 0.717) is 4.90 Å². The predicted molar refractivity (Wildman–Crippen MR) is 84.6 cm³/mol. The molecule has 114 valence electrons. The van der Waals surface area contributed by atoms with Crippen molar-refractivity contribution in [1.82, 2.24) is 4.72 Å². The summed E-state index contributed by atoms with van der Waals surface area (Å²) in [4.78, 5) is 0.436. The maximum atomic E-state index is 12.7. The van der Waals surface area contributed by atoms with Gasteiger partial charge in [0.1, 0.15) is 0 Å². The molecule has 1 aromatic carbocycles. The van der Waals surface area contributed by atoms with Crippen LogP contribution in [0.3, 0.4) is 0 Å². The molecule has 0 aromatic heterocycles. The summed E-state index contributed by atoms with van der Waals surface area (Å²) < 4.78 is 28.3. The lowest BCUT2D eigenvalue weighted by Gasteiger charge is -2.28. The van der Waals surface area contributed by atoms with E-state index >= 15 is 0 Å². The van der Waals surface area contributed by atoms with Gasteiger partial charge in [0.15, 0.2) is 0 Å². The van der Waals surface area contributed by atoms with E-state index in [1.165, 1.54) is 0 Å². The molecule has 1 aromatic rings. The number of nitrogens with one attached hydrogen (secondary N) is 1. The van der Waals surface area contributed by atoms with Crippen molar-refractivity contribution in [3.63, 3.8) is 0 Å². The smallest absolute Gasteiger partial charge is 0.208 e. The summed E-state index contributed by atoms with van der Waals surface area (Å²) in [6, 6.07) is 1.91. The summed E-state index contributed by atoms with van der Waals surface area (Å²) in [6.45, 7) is 15.6. The fourth-order valence-corrected chi connectivity index (χ4v) is 4.12. The van der Waals surface area contributed by atoms with Crippen LogP contribution in [0.2, 0.25) is 0 Å². The van der Waals surface area contributed by atoms with Crippen LogP contribution in [0.4, 0.5) is 0 Å². The highest BCUT2D eigenvalue weighted by Gasteiger charge is 2.28. The van der Waals surface area contributed by atoms with Crippen LogP contribution in [0.25, 0.3) is 0 Å². The zero-order chi connectivity index (χ0) is 15.9. The molecule has 4 heteroatoms. The number of sulfonamides is 1. The molecule has 20 heavy (non-hydrogen) atoms. The van der Waals surface area contributed by atoms with Gasteiger partial charge in [0, 0.05) is 6.04 Å². The maximum absolute atomic E-state index is 12.7. The molecule has 0 bridgehead atoms. The van der Waals surface area contributed by atoms with E-state index in [1.807, 2.05) is 61.5 Å². The molecule has 0 saturated heterocycles. The van der Waals surface area contributed by atoms with Gasteiger partial charge in [0.05, 0.1) is 4.90 Å². The fraction of sp³-hybridized carbons (Fsp3) is 0.625. The molecule has 1 atom stereocenters. The number of benzene rings is 1. The Morgan fingerprint density at radius 3 is 1.75 bits per heavy atom. The molecular formula is C16H27NO2S. The lowest BCUT2D eigenvalue weighted by atomic mass is 9.89. The highest BCUT2D eigenvalue weighted by molar-refractivity contribution is 7.89.